The molecule has 0 aliphatic carbocycles. The molecule has 0 spiro atoms. The van der Waals surface area contributed by atoms with Gasteiger partial charge in [0.2, 0.25) is 5.91 Å². The number of Topliss-reactive ketones (excluding diaryl/α,β-unsaturated/α-hetero) is 2. The van der Waals surface area contributed by atoms with Gasteiger partial charge in [-0.25, -0.2) is 0 Å². The van der Waals surface area contributed by atoms with Crippen molar-refractivity contribution in [1.82, 2.24) is 5.32 Å². The monoisotopic (exact) mass is 269 g/mol. The van der Waals surface area contributed by atoms with Gasteiger partial charge in [0.05, 0.1) is 18.8 Å². The molecule has 0 radical (unpaired) electrons. The molecule has 0 aromatic rings. The van der Waals surface area contributed by atoms with Crippen LogP contribution in [0.2, 0.25) is 0 Å². The van der Waals surface area contributed by atoms with Gasteiger partial charge < -0.3 is 16.5 Å². The fourth-order valence-corrected chi connectivity index (χ4v) is 1.57. The Balaban J connectivity index is 4.65. The van der Waals surface area contributed by atoms with E-state index in [0.29, 0.717) is 6.42 Å². The largest absolute Gasteiger partial charge is 0.345 e. The van der Waals surface area contributed by atoms with Gasteiger partial charge in [0.25, 0.3) is 0 Å². The van der Waals surface area contributed by atoms with Crippen LogP contribution in [-0.2, 0) is 14.4 Å². The molecule has 1 atom stereocenters. The first kappa shape index (κ1) is 17.4. The summed E-state index contributed by atoms with van der Waals surface area (Å²) in [7, 11) is 0. The summed E-state index contributed by atoms with van der Waals surface area (Å²) in [6.45, 7) is 5.58. The smallest absolute Gasteiger partial charge is 0.234 e. The molecule has 1 unspecified atom stereocenters. The van der Waals surface area contributed by atoms with Crippen LogP contribution in [0.3, 0.4) is 0 Å². The Bertz CT molecular complexity index is 359. The predicted octanol–water partition coefficient (Wildman–Crippen LogP) is 0.434. The summed E-state index contributed by atoms with van der Waals surface area (Å²) < 4.78 is 0. The highest BCUT2D eigenvalue weighted by Gasteiger charge is 2.25. The molecule has 0 aliphatic rings. The molecule has 0 aromatic carbocycles. The number of nitrogens with two attached hydrogens (primary N) is 1. The summed E-state index contributed by atoms with van der Waals surface area (Å²) in [5.41, 5.74) is 5.02. The highest BCUT2D eigenvalue weighted by molar-refractivity contribution is 6.26. The van der Waals surface area contributed by atoms with Gasteiger partial charge in [0, 0.05) is 12.8 Å². The summed E-state index contributed by atoms with van der Waals surface area (Å²) in [5.74, 6) is -0.905. The minimum Gasteiger partial charge on any atom is -0.345 e. The summed E-state index contributed by atoms with van der Waals surface area (Å²) in [4.78, 5) is 34.5. The molecule has 4 N–H and O–H groups in total. The van der Waals surface area contributed by atoms with Crippen molar-refractivity contribution < 1.29 is 14.4 Å². The van der Waals surface area contributed by atoms with E-state index < -0.39 is 11.9 Å². The standard InChI is InChI=1S/C13H23N3O3/c1-13(2,3)6-11(18)10(16-12(19)8-15)5-4-9(17)7-14/h7,10,14H,4-6,8,15H2,1-3H3,(H,16,19). The number of ketones is 2. The van der Waals surface area contributed by atoms with E-state index in [1.165, 1.54) is 0 Å². The lowest BCUT2D eigenvalue weighted by molar-refractivity contribution is -0.128. The van der Waals surface area contributed by atoms with Crippen LogP contribution in [0.25, 0.3) is 0 Å². The van der Waals surface area contributed by atoms with Crippen molar-refractivity contribution in [3.63, 3.8) is 0 Å². The van der Waals surface area contributed by atoms with E-state index in [4.69, 9.17) is 11.1 Å². The molecule has 19 heavy (non-hydrogen) atoms. The lowest BCUT2D eigenvalue weighted by atomic mass is 9.86. The molecule has 108 valence electrons. The van der Waals surface area contributed by atoms with Gasteiger partial charge in [-0.2, -0.15) is 0 Å². The van der Waals surface area contributed by atoms with Gasteiger partial charge in [-0.05, 0) is 11.8 Å². The zero-order valence-electron chi connectivity index (χ0n) is 11.8. The number of carbonyl (C=O) groups excluding carboxylic acids is 3. The Kier molecular flexibility index (Phi) is 7.14. The molecule has 0 saturated heterocycles. The molecular weight excluding hydrogens is 246 g/mol. The van der Waals surface area contributed by atoms with Crippen molar-refractivity contribution >= 4 is 23.7 Å². The molecule has 6 heteroatoms. The van der Waals surface area contributed by atoms with E-state index in [1.54, 1.807) is 0 Å². The molecule has 1 amide bonds. The maximum Gasteiger partial charge on any atom is 0.234 e. The second-order valence-electron chi connectivity index (χ2n) is 5.68. The Morgan fingerprint density at radius 1 is 1.32 bits per heavy atom. The Labute approximate surface area is 113 Å². The van der Waals surface area contributed by atoms with Crippen LogP contribution in [0.15, 0.2) is 0 Å². The van der Waals surface area contributed by atoms with Crippen molar-refractivity contribution in [2.24, 2.45) is 11.1 Å². The number of carbonyl (C=O) groups is 3. The predicted molar refractivity (Wildman–Crippen MR) is 73.1 cm³/mol. The third-order valence-corrected chi connectivity index (χ3v) is 2.45. The number of hydrogen-bond acceptors (Lipinski definition) is 5. The van der Waals surface area contributed by atoms with E-state index in [-0.39, 0.29) is 36.4 Å². The first-order valence-corrected chi connectivity index (χ1v) is 6.25. The van der Waals surface area contributed by atoms with Crippen LogP contribution in [0.5, 0.6) is 0 Å². The fourth-order valence-electron chi connectivity index (χ4n) is 1.57. The first-order chi connectivity index (χ1) is 8.69. The summed E-state index contributed by atoms with van der Waals surface area (Å²) in [6, 6.07) is -0.709. The van der Waals surface area contributed by atoms with Gasteiger partial charge in [-0.3, -0.25) is 14.4 Å². The third kappa shape index (κ3) is 8.20. The zero-order chi connectivity index (χ0) is 15.1. The molecular formula is C13H23N3O3. The van der Waals surface area contributed by atoms with Crippen molar-refractivity contribution in [2.45, 2.75) is 46.1 Å². The van der Waals surface area contributed by atoms with Gasteiger partial charge in [-0.15, -0.1) is 0 Å². The molecule has 0 bridgehead atoms. The van der Waals surface area contributed by atoms with Crippen LogP contribution < -0.4 is 11.1 Å². The van der Waals surface area contributed by atoms with E-state index in [1.807, 2.05) is 20.8 Å². The molecule has 0 fully saturated rings. The van der Waals surface area contributed by atoms with Gasteiger partial charge in [0.1, 0.15) is 0 Å². The van der Waals surface area contributed by atoms with Crippen LogP contribution in [0.1, 0.15) is 40.0 Å². The van der Waals surface area contributed by atoms with Crippen molar-refractivity contribution in [3.05, 3.63) is 0 Å². The van der Waals surface area contributed by atoms with Gasteiger partial charge in [-0.1, -0.05) is 20.8 Å². The number of amides is 1. The first-order valence-electron chi connectivity index (χ1n) is 6.25. The Hall–Kier alpha value is -1.56. The molecule has 0 aromatic heterocycles. The number of nitrogens with one attached hydrogen (secondary N) is 2. The number of hydrogen-bond donors (Lipinski definition) is 3. The topological polar surface area (TPSA) is 113 Å². The van der Waals surface area contributed by atoms with E-state index >= 15 is 0 Å². The van der Waals surface area contributed by atoms with Gasteiger partial charge >= 0.3 is 0 Å². The average Bonchev–Trinajstić information content (AvgIpc) is 2.31. The lowest BCUT2D eigenvalue weighted by Crippen LogP contribution is -2.44. The maximum absolute atomic E-state index is 12.1. The molecule has 0 heterocycles. The van der Waals surface area contributed by atoms with Crippen LogP contribution >= 0.6 is 0 Å². The summed E-state index contributed by atoms with van der Waals surface area (Å²) in [5, 5.41) is 9.34. The van der Waals surface area contributed by atoms with E-state index in [9.17, 15) is 14.4 Å². The Morgan fingerprint density at radius 2 is 1.89 bits per heavy atom. The van der Waals surface area contributed by atoms with Crippen LogP contribution in [-0.4, -0.2) is 36.3 Å². The average molecular weight is 269 g/mol. The maximum atomic E-state index is 12.1. The zero-order valence-corrected chi connectivity index (χ0v) is 11.8. The molecule has 0 saturated carbocycles. The summed E-state index contributed by atoms with van der Waals surface area (Å²) in [6.07, 6.45) is 1.29. The second-order valence-corrected chi connectivity index (χ2v) is 5.68. The van der Waals surface area contributed by atoms with Crippen LogP contribution in [0, 0.1) is 10.8 Å². The van der Waals surface area contributed by atoms with Crippen molar-refractivity contribution in [2.75, 3.05) is 6.54 Å². The quantitative estimate of drug-likeness (QED) is 0.554. The summed E-state index contributed by atoms with van der Waals surface area (Å²) >= 11 is 0. The van der Waals surface area contributed by atoms with E-state index in [0.717, 1.165) is 6.21 Å². The highest BCUT2D eigenvalue weighted by Crippen LogP contribution is 2.20. The molecule has 6 nitrogen and oxygen atoms in total. The lowest BCUT2D eigenvalue weighted by Gasteiger charge is -2.22. The fraction of sp³-hybridized carbons (Fsp3) is 0.692. The SMILES string of the molecule is CC(C)(C)CC(=O)C(CCC(=O)C=N)NC(=O)CN. The number of rotatable bonds is 8. The van der Waals surface area contributed by atoms with Crippen molar-refractivity contribution in [3.8, 4) is 0 Å². The van der Waals surface area contributed by atoms with Crippen LogP contribution in [0.4, 0.5) is 0 Å². The Morgan fingerprint density at radius 3 is 2.32 bits per heavy atom. The van der Waals surface area contributed by atoms with Gasteiger partial charge in [0.15, 0.2) is 11.6 Å². The van der Waals surface area contributed by atoms with E-state index in [2.05, 4.69) is 5.32 Å². The molecule has 0 aliphatic heterocycles. The minimum absolute atomic E-state index is 0.0644. The highest BCUT2D eigenvalue weighted by atomic mass is 16.2. The normalized spacial score (nSPS) is 12.6. The van der Waals surface area contributed by atoms with Crippen molar-refractivity contribution in [1.29, 1.82) is 5.41 Å². The second kappa shape index (κ2) is 7.78. The molecule has 0 rings (SSSR count). The minimum atomic E-state index is -0.709. The third-order valence-electron chi connectivity index (χ3n) is 2.45.